The number of hydrogen-bond acceptors (Lipinski definition) is 5. The molecule has 142 valence electrons. The first kappa shape index (κ1) is 19.6. The summed E-state index contributed by atoms with van der Waals surface area (Å²) < 4.78 is 6.48. The fourth-order valence-electron chi connectivity index (χ4n) is 2.71. The van der Waals surface area contributed by atoms with E-state index in [4.69, 9.17) is 21.3 Å². The van der Waals surface area contributed by atoms with Crippen molar-refractivity contribution in [2.45, 2.75) is 6.92 Å². The number of methoxy groups -OCH3 is 1. The Bertz CT molecular complexity index is 954. The Kier molecular flexibility index (Phi) is 5.99. The van der Waals surface area contributed by atoms with E-state index in [2.05, 4.69) is 0 Å². The number of benzene rings is 2. The Labute approximate surface area is 168 Å². The number of anilines is 1. The van der Waals surface area contributed by atoms with Crippen molar-refractivity contribution in [2.24, 2.45) is 0 Å². The van der Waals surface area contributed by atoms with Gasteiger partial charge in [0, 0.05) is 23.7 Å². The van der Waals surface area contributed by atoms with E-state index in [9.17, 15) is 4.79 Å². The van der Waals surface area contributed by atoms with Crippen LogP contribution in [-0.4, -0.2) is 50.1 Å². The molecular formula is C20H22ClN3O2S. The number of halogens is 1. The Morgan fingerprint density at radius 1 is 1.15 bits per heavy atom. The monoisotopic (exact) mass is 403 g/mol. The number of fused-ring (bicyclic) bond motifs is 1. The van der Waals surface area contributed by atoms with Gasteiger partial charge in [0.25, 0.3) is 5.91 Å². The first-order valence-electron chi connectivity index (χ1n) is 8.57. The number of nitrogens with zero attached hydrogens (tertiary/aromatic N) is 3. The number of aromatic nitrogens is 1. The zero-order valence-corrected chi connectivity index (χ0v) is 17.4. The van der Waals surface area contributed by atoms with Crippen LogP contribution < -0.4 is 9.64 Å². The number of carbonyl (C=O) groups excluding carboxylic acids is 1. The molecule has 0 spiro atoms. The third-order valence-electron chi connectivity index (χ3n) is 4.25. The normalized spacial score (nSPS) is 11.2. The molecule has 0 saturated heterocycles. The van der Waals surface area contributed by atoms with Gasteiger partial charge in [0.15, 0.2) is 5.13 Å². The quantitative estimate of drug-likeness (QED) is 0.609. The minimum atomic E-state index is -0.0933. The molecule has 1 aromatic heterocycles. The average molecular weight is 404 g/mol. The molecule has 7 heteroatoms. The van der Waals surface area contributed by atoms with Crippen molar-refractivity contribution in [2.75, 3.05) is 39.2 Å². The Morgan fingerprint density at radius 3 is 2.48 bits per heavy atom. The number of thiazole rings is 1. The second-order valence-corrected chi connectivity index (χ2v) is 7.94. The highest BCUT2D eigenvalue weighted by Crippen LogP contribution is 2.36. The topological polar surface area (TPSA) is 45.7 Å². The summed E-state index contributed by atoms with van der Waals surface area (Å²) >= 11 is 7.47. The van der Waals surface area contributed by atoms with Gasteiger partial charge in [-0.2, -0.15) is 0 Å². The number of aryl methyl sites for hydroxylation is 1. The Hall–Kier alpha value is -2.15. The van der Waals surface area contributed by atoms with Gasteiger partial charge in [-0.25, -0.2) is 4.98 Å². The van der Waals surface area contributed by atoms with Crippen molar-refractivity contribution < 1.29 is 9.53 Å². The van der Waals surface area contributed by atoms with Crippen LogP contribution in [0.15, 0.2) is 36.4 Å². The molecule has 0 N–H and O–H groups in total. The lowest BCUT2D eigenvalue weighted by Crippen LogP contribution is -2.36. The van der Waals surface area contributed by atoms with Crippen LogP contribution in [0.1, 0.15) is 15.9 Å². The third kappa shape index (κ3) is 4.24. The molecule has 0 bridgehead atoms. The van der Waals surface area contributed by atoms with Gasteiger partial charge < -0.3 is 9.64 Å². The molecule has 0 saturated carbocycles. The Morgan fingerprint density at radius 2 is 1.85 bits per heavy atom. The average Bonchev–Trinajstić information content (AvgIpc) is 3.08. The molecule has 27 heavy (non-hydrogen) atoms. The molecule has 0 radical (unpaired) electrons. The van der Waals surface area contributed by atoms with Crippen molar-refractivity contribution >= 4 is 44.2 Å². The maximum absolute atomic E-state index is 13.2. The molecule has 0 aliphatic heterocycles. The van der Waals surface area contributed by atoms with Gasteiger partial charge in [-0.05, 0) is 56.9 Å². The summed E-state index contributed by atoms with van der Waals surface area (Å²) in [6.45, 7) is 3.30. The first-order valence-corrected chi connectivity index (χ1v) is 9.76. The zero-order chi connectivity index (χ0) is 19.6. The van der Waals surface area contributed by atoms with E-state index in [-0.39, 0.29) is 5.91 Å². The second-order valence-electron chi connectivity index (χ2n) is 6.53. The predicted octanol–water partition coefficient (Wildman–Crippen LogP) is 4.48. The van der Waals surface area contributed by atoms with E-state index >= 15 is 0 Å². The summed E-state index contributed by atoms with van der Waals surface area (Å²) in [5.74, 6) is 0.619. The number of amides is 1. The molecule has 5 nitrogen and oxygen atoms in total. The van der Waals surface area contributed by atoms with Crippen molar-refractivity contribution in [3.8, 4) is 5.75 Å². The lowest BCUT2D eigenvalue weighted by atomic mass is 10.2. The fourth-order valence-corrected chi connectivity index (χ4v) is 3.91. The highest BCUT2D eigenvalue weighted by molar-refractivity contribution is 7.22. The largest absolute Gasteiger partial charge is 0.494 e. The molecule has 0 aliphatic carbocycles. The smallest absolute Gasteiger partial charge is 0.260 e. The lowest BCUT2D eigenvalue weighted by molar-refractivity contribution is 0.0985. The van der Waals surface area contributed by atoms with Gasteiger partial charge in [-0.3, -0.25) is 9.69 Å². The summed E-state index contributed by atoms with van der Waals surface area (Å²) in [7, 11) is 5.60. The molecule has 0 fully saturated rings. The minimum absolute atomic E-state index is 0.0933. The molecule has 0 atom stereocenters. The van der Waals surface area contributed by atoms with Gasteiger partial charge in [0.1, 0.15) is 11.3 Å². The summed E-state index contributed by atoms with van der Waals surface area (Å²) in [5.41, 5.74) is 2.48. The van der Waals surface area contributed by atoms with Crippen LogP contribution in [0, 0.1) is 6.92 Å². The molecule has 3 aromatic rings. The number of ether oxygens (including phenoxy) is 1. The maximum Gasteiger partial charge on any atom is 0.260 e. The van der Waals surface area contributed by atoms with Crippen LogP contribution in [-0.2, 0) is 0 Å². The molecule has 3 rings (SSSR count). The van der Waals surface area contributed by atoms with Crippen molar-refractivity contribution in [1.29, 1.82) is 0 Å². The van der Waals surface area contributed by atoms with E-state index in [1.54, 1.807) is 36.3 Å². The summed E-state index contributed by atoms with van der Waals surface area (Å²) in [6.07, 6.45) is 0. The van der Waals surface area contributed by atoms with Crippen LogP contribution in [0.2, 0.25) is 5.02 Å². The van der Waals surface area contributed by atoms with Crippen LogP contribution in [0.3, 0.4) is 0 Å². The molecule has 1 amide bonds. The molecule has 1 heterocycles. The summed E-state index contributed by atoms with van der Waals surface area (Å²) in [6, 6.07) is 10.9. The van der Waals surface area contributed by atoms with E-state index < -0.39 is 0 Å². The second kappa shape index (κ2) is 8.25. The number of hydrogen-bond donors (Lipinski definition) is 0. The van der Waals surface area contributed by atoms with E-state index in [0.29, 0.717) is 28.0 Å². The van der Waals surface area contributed by atoms with Gasteiger partial charge in [-0.1, -0.05) is 29.0 Å². The number of carbonyl (C=O) groups is 1. The highest BCUT2D eigenvalue weighted by atomic mass is 35.5. The number of rotatable bonds is 6. The van der Waals surface area contributed by atoms with E-state index in [0.717, 1.165) is 22.3 Å². The molecule has 0 aliphatic rings. The first-order chi connectivity index (χ1) is 12.9. The van der Waals surface area contributed by atoms with Crippen LogP contribution in [0.4, 0.5) is 5.13 Å². The SMILES string of the molecule is COc1ccc(C)c2sc(N(CCN(C)C)C(=O)c3ccc(Cl)cc3)nc12. The Balaban J connectivity index is 2.05. The summed E-state index contributed by atoms with van der Waals surface area (Å²) in [5, 5.41) is 1.27. The molecular weight excluding hydrogens is 382 g/mol. The van der Waals surface area contributed by atoms with Crippen LogP contribution in [0.5, 0.6) is 5.75 Å². The van der Waals surface area contributed by atoms with Gasteiger partial charge >= 0.3 is 0 Å². The van der Waals surface area contributed by atoms with Gasteiger partial charge in [0.05, 0.1) is 11.8 Å². The zero-order valence-electron chi connectivity index (χ0n) is 15.8. The summed E-state index contributed by atoms with van der Waals surface area (Å²) in [4.78, 5) is 21.7. The molecule has 0 unspecified atom stereocenters. The van der Waals surface area contributed by atoms with Gasteiger partial charge in [-0.15, -0.1) is 0 Å². The number of likely N-dealkylation sites (N-methyl/N-ethyl adjacent to an activating group) is 1. The van der Waals surface area contributed by atoms with Crippen molar-refractivity contribution in [3.63, 3.8) is 0 Å². The van der Waals surface area contributed by atoms with E-state index in [1.165, 1.54) is 11.3 Å². The molecule has 2 aromatic carbocycles. The lowest BCUT2D eigenvalue weighted by Gasteiger charge is -2.22. The standard InChI is InChI=1S/C20H22ClN3O2S/c1-13-5-10-16(26-4)17-18(13)27-20(22-17)24(12-11-23(2)3)19(25)14-6-8-15(21)9-7-14/h5-10H,11-12H2,1-4H3. The van der Waals surface area contributed by atoms with Gasteiger partial charge in [0.2, 0.25) is 0 Å². The predicted molar refractivity (Wildman–Crippen MR) is 113 cm³/mol. The van der Waals surface area contributed by atoms with Crippen molar-refractivity contribution in [3.05, 3.63) is 52.5 Å². The van der Waals surface area contributed by atoms with Crippen LogP contribution >= 0.6 is 22.9 Å². The van der Waals surface area contributed by atoms with Crippen molar-refractivity contribution in [1.82, 2.24) is 9.88 Å². The van der Waals surface area contributed by atoms with E-state index in [1.807, 2.05) is 38.1 Å². The maximum atomic E-state index is 13.2. The minimum Gasteiger partial charge on any atom is -0.494 e. The fraction of sp³-hybridized carbons (Fsp3) is 0.300. The van der Waals surface area contributed by atoms with Crippen LogP contribution in [0.25, 0.3) is 10.2 Å². The third-order valence-corrected chi connectivity index (χ3v) is 5.72. The highest BCUT2D eigenvalue weighted by Gasteiger charge is 2.23.